The van der Waals surface area contributed by atoms with Crippen molar-refractivity contribution in [2.24, 2.45) is 5.92 Å². The molecule has 3 rings (SSSR count). The van der Waals surface area contributed by atoms with Crippen molar-refractivity contribution in [1.29, 1.82) is 0 Å². The minimum atomic E-state index is -0.106. The maximum atomic E-state index is 12.8. The van der Waals surface area contributed by atoms with Gasteiger partial charge in [-0.1, -0.05) is 26.8 Å². The zero-order valence-electron chi connectivity index (χ0n) is 16.9. The summed E-state index contributed by atoms with van der Waals surface area (Å²) in [7, 11) is 0. The van der Waals surface area contributed by atoms with Crippen molar-refractivity contribution >= 4 is 11.8 Å². The molecule has 2 aromatic rings. The molecular weight excluding hydrogens is 354 g/mol. The number of aromatic nitrogens is 3. The van der Waals surface area contributed by atoms with E-state index in [-0.39, 0.29) is 17.9 Å². The van der Waals surface area contributed by atoms with Crippen LogP contribution in [0.1, 0.15) is 56.1 Å². The lowest BCUT2D eigenvalue weighted by Gasteiger charge is -2.32. The van der Waals surface area contributed by atoms with Crippen LogP contribution in [0.2, 0.25) is 0 Å². The number of carbonyl (C=O) groups excluding carboxylic acids is 2. The number of likely N-dealkylation sites (tertiary alicyclic amines) is 1. The molecule has 28 heavy (non-hydrogen) atoms. The van der Waals surface area contributed by atoms with Crippen LogP contribution in [0.3, 0.4) is 0 Å². The molecule has 0 atom stereocenters. The summed E-state index contributed by atoms with van der Waals surface area (Å²) in [6.07, 6.45) is 6.16. The molecule has 3 heterocycles. The van der Waals surface area contributed by atoms with Gasteiger partial charge in [-0.3, -0.25) is 9.59 Å². The van der Waals surface area contributed by atoms with Crippen molar-refractivity contribution in [2.45, 2.75) is 52.5 Å². The third-order valence-corrected chi connectivity index (χ3v) is 5.08. The maximum absolute atomic E-state index is 12.8. The van der Waals surface area contributed by atoms with Crippen molar-refractivity contribution in [3.63, 3.8) is 0 Å². The van der Waals surface area contributed by atoms with Crippen molar-refractivity contribution in [1.82, 2.24) is 25.0 Å². The highest BCUT2D eigenvalue weighted by atomic mass is 16.2. The number of amides is 2. The van der Waals surface area contributed by atoms with Gasteiger partial charge in [0.25, 0.3) is 5.91 Å². The normalized spacial score (nSPS) is 15.1. The van der Waals surface area contributed by atoms with E-state index in [1.165, 1.54) is 0 Å². The van der Waals surface area contributed by atoms with Gasteiger partial charge in [0.2, 0.25) is 5.91 Å². The smallest absolute Gasteiger partial charge is 0.254 e. The van der Waals surface area contributed by atoms with Gasteiger partial charge in [0.15, 0.2) is 5.82 Å². The Kier molecular flexibility index (Phi) is 6.44. The molecule has 0 aliphatic carbocycles. The number of pyridine rings is 1. The standard InChI is InChI=1S/C21H29N5O2/c1-4-18-17(14-23-26(18)19-7-5-6-10-22-19)21(28)24-16-8-11-25(12-9-16)20(27)13-15(2)3/h5-7,10,14-16H,4,8-9,11-13H2,1-3H3,(H,24,28). The van der Waals surface area contributed by atoms with Gasteiger partial charge in [-0.25, -0.2) is 9.67 Å². The van der Waals surface area contributed by atoms with Crippen molar-refractivity contribution in [2.75, 3.05) is 13.1 Å². The fourth-order valence-electron chi connectivity index (χ4n) is 3.59. The molecule has 0 bridgehead atoms. The van der Waals surface area contributed by atoms with Gasteiger partial charge >= 0.3 is 0 Å². The van der Waals surface area contributed by atoms with E-state index >= 15 is 0 Å². The summed E-state index contributed by atoms with van der Waals surface area (Å²) in [4.78, 5) is 31.3. The minimum absolute atomic E-state index is 0.0820. The van der Waals surface area contributed by atoms with Crippen LogP contribution in [0, 0.1) is 5.92 Å². The van der Waals surface area contributed by atoms with Gasteiger partial charge in [0, 0.05) is 31.7 Å². The molecule has 0 spiro atoms. The molecule has 1 aliphatic heterocycles. The Bertz CT molecular complexity index is 807. The van der Waals surface area contributed by atoms with Crippen molar-refractivity contribution in [3.05, 3.63) is 41.9 Å². The molecule has 2 amide bonds. The van der Waals surface area contributed by atoms with Crippen LogP contribution < -0.4 is 5.32 Å². The fourth-order valence-corrected chi connectivity index (χ4v) is 3.59. The van der Waals surface area contributed by atoms with E-state index in [4.69, 9.17) is 0 Å². The minimum Gasteiger partial charge on any atom is -0.349 e. The number of rotatable bonds is 6. The molecule has 7 heteroatoms. The van der Waals surface area contributed by atoms with Gasteiger partial charge in [-0.05, 0) is 37.3 Å². The van der Waals surface area contributed by atoms with Crippen LogP contribution in [-0.2, 0) is 11.2 Å². The summed E-state index contributed by atoms with van der Waals surface area (Å²) in [5.74, 6) is 1.18. The molecule has 0 saturated carbocycles. The molecule has 7 nitrogen and oxygen atoms in total. The lowest BCUT2D eigenvalue weighted by Crippen LogP contribution is -2.46. The van der Waals surface area contributed by atoms with E-state index in [0.29, 0.717) is 43.2 Å². The Balaban J connectivity index is 1.62. The van der Waals surface area contributed by atoms with Crippen LogP contribution in [0.4, 0.5) is 0 Å². The van der Waals surface area contributed by atoms with E-state index in [1.807, 2.05) is 30.0 Å². The van der Waals surface area contributed by atoms with E-state index < -0.39 is 0 Å². The Hall–Kier alpha value is -2.70. The molecular formula is C21H29N5O2. The third kappa shape index (κ3) is 4.58. The predicted molar refractivity (Wildman–Crippen MR) is 107 cm³/mol. The highest BCUT2D eigenvalue weighted by Gasteiger charge is 2.26. The SMILES string of the molecule is CCc1c(C(=O)NC2CCN(C(=O)CC(C)C)CC2)cnn1-c1ccccn1. The fraction of sp³-hybridized carbons (Fsp3) is 0.524. The van der Waals surface area contributed by atoms with E-state index in [9.17, 15) is 9.59 Å². The molecule has 1 saturated heterocycles. The van der Waals surface area contributed by atoms with E-state index in [1.54, 1.807) is 17.1 Å². The van der Waals surface area contributed by atoms with Gasteiger partial charge in [-0.15, -0.1) is 0 Å². The quantitative estimate of drug-likeness (QED) is 0.831. The zero-order valence-corrected chi connectivity index (χ0v) is 16.9. The van der Waals surface area contributed by atoms with Crippen LogP contribution in [0.5, 0.6) is 0 Å². The topological polar surface area (TPSA) is 80.1 Å². The highest BCUT2D eigenvalue weighted by molar-refractivity contribution is 5.95. The summed E-state index contributed by atoms with van der Waals surface area (Å²) >= 11 is 0. The first-order valence-corrected chi connectivity index (χ1v) is 10.1. The summed E-state index contributed by atoms with van der Waals surface area (Å²) < 4.78 is 1.72. The van der Waals surface area contributed by atoms with Crippen LogP contribution in [0.25, 0.3) is 5.82 Å². The number of piperidine rings is 1. The van der Waals surface area contributed by atoms with Crippen molar-refractivity contribution in [3.8, 4) is 5.82 Å². The van der Waals surface area contributed by atoms with Crippen LogP contribution in [-0.4, -0.2) is 50.6 Å². The van der Waals surface area contributed by atoms with Gasteiger partial charge < -0.3 is 10.2 Å². The number of nitrogens with zero attached hydrogens (tertiary/aromatic N) is 4. The molecule has 0 unspecified atom stereocenters. The molecule has 2 aromatic heterocycles. The molecule has 150 valence electrons. The Morgan fingerprint density at radius 1 is 1.25 bits per heavy atom. The van der Waals surface area contributed by atoms with E-state index in [2.05, 4.69) is 29.2 Å². The monoisotopic (exact) mass is 383 g/mol. The second-order valence-corrected chi connectivity index (χ2v) is 7.68. The van der Waals surface area contributed by atoms with Crippen molar-refractivity contribution < 1.29 is 9.59 Å². The number of nitrogens with one attached hydrogen (secondary N) is 1. The van der Waals surface area contributed by atoms with Gasteiger partial charge in [-0.2, -0.15) is 5.10 Å². The number of hydrogen-bond acceptors (Lipinski definition) is 4. The molecule has 0 aromatic carbocycles. The lowest BCUT2D eigenvalue weighted by molar-refractivity contribution is -0.133. The lowest BCUT2D eigenvalue weighted by atomic mass is 10.0. The summed E-state index contributed by atoms with van der Waals surface area (Å²) in [5.41, 5.74) is 1.44. The second-order valence-electron chi connectivity index (χ2n) is 7.68. The summed E-state index contributed by atoms with van der Waals surface area (Å²) in [6, 6.07) is 5.71. The first-order valence-electron chi connectivity index (χ1n) is 10.1. The zero-order chi connectivity index (χ0) is 20.1. The summed E-state index contributed by atoms with van der Waals surface area (Å²) in [5, 5.41) is 7.50. The van der Waals surface area contributed by atoms with Gasteiger partial charge in [0.1, 0.15) is 0 Å². The third-order valence-electron chi connectivity index (χ3n) is 5.08. The number of hydrogen-bond donors (Lipinski definition) is 1. The first-order chi connectivity index (χ1) is 13.5. The second kappa shape index (κ2) is 8.99. The Morgan fingerprint density at radius 3 is 2.61 bits per heavy atom. The largest absolute Gasteiger partial charge is 0.349 e. The van der Waals surface area contributed by atoms with Crippen LogP contribution >= 0.6 is 0 Å². The van der Waals surface area contributed by atoms with Gasteiger partial charge in [0.05, 0.1) is 17.5 Å². The van der Waals surface area contributed by atoms with Crippen LogP contribution in [0.15, 0.2) is 30.6 Å². The Morgan fingerprint density at radius 2 is 2.00 bits per heavy atom. The number of carbonyl (C=O) groups is 2. The average Bonchev–Trinajstić information content (AvgIpc) is 3.13. The highest BCUT2D eigenvalue weighted by Crippen LogP contribution is 2.17. The Labute approximate surface area is 166 Å². The predicted octanol–water partition coefficient (Wildman–Crippen LogP) is 2.60. The molecule has 1 fully saturated rings. The summed E-state index contributed by atoms with van der Waals surface area (Å²) in [6.45, 7) is 7.52. The molecule has 0 radical (unpaired) electrons. The maximum Gasteiger partial charge on any atom is 0.254 e. The first kappa shape index (κ1) is 20.0. The average molecular weight is 383 g/mol. The molecule has 1 N–H and O–H groups in total. The van der Waals surface area contributed by atoms with E-state index in [0.717, 1.165) is 18.5 Å². The molecule has 1 aliphatic rings.